The van der Waals surface area contributed by atoms with Gasteiger partial charge in [0.15, 0.2) is 0 Å². The average molecular weight is 249 g/mol. The number of aliphatic hydroxyl groups excluding tert-OH is 1. The van der Waals surface area contributed by atoms with E-state index >= 15 is 0 Å². The molecule has 0 radical (unpaired) electrons. The van der Waals surface area contributed by atoms with Crippen molar-refractivity contribution in [3.63, 3.8) is 0 Å². The lowest BCUT2D eigenvalue weighted by molar-refractivity contribution is -0.137. The fourth-order valence-corrected chi connectivity index (χ4v) is 1.25. The molecule has 0 heterocycles. The normalized spacial score (nSPS) is 10.8. The predicted molar refractivity (Wildman–Crippen MR) is 55.0 cm³/mol. The lowest BCUT2D eigenvalue weighted by atomic mass is 10.1. The molecule has 5 heteroatoms. The van der Waals surface area contributed by atoms with Crippen LogP contribution in [0.3, 0.4) is 0 Å². The summed E-state index contributed by atoms with van der Waals surface area (Å²) < 4.78 is 37.7. The third-order valence-electron chi connectivity index (χ3n) is 1.75. The molecule has 1 nitrogen and oxygen atoms in total. The van der Waals surface area contributed by atoms with Crippen LogP contribution in [0, 0.1) is 11.8 Å². The fraction of sp³-hybridized carbons (Fsp3) is 0.273. The molecule has 1 aromatic carbocycles. The fourth-order valence-electron chi connectivity index (χ4n) is 1.07. The number of alkyl halides is 3. The Hall–Kier alpha value is -1.18. The molecule has 0 bridgehead atoms. The number of benzene rings is 1. The molecule has 86 valence electrons. The maximum atomic E-state index is 12.6. The van der Waals surface area contributed by atoms with Crippen molar-refractivity contribution < 1.29 is 18.3 Å². The van der Waals surface area contributed by atoms with Gasteiger partial charge in [-0.3, -0.25) is 0 Å². The quantitative estimate of drug-likeness (QED) is 0.758. The Morgan fingerprint density at radius 1 is 1.31 bits per heavy atom. The van der Waals surface area contributed by atoms with E-state index in [9.17, 15) is 13.2 Å². The van der Waals surface area contributed by atoms with Gasteiger partial charge in [-0.05, 0) is 18.2 Å². The van der Waals surface area contributed by atoms with Gasteiger partial charge in [-0.15, -0.1) is 0 Å². The molecule has 16 heavy (non-hydrogen) atoms. The lowest BCUT2D eigenvalue weighted by Crippen LogP contribution is -2.07. The summed E-state index contributed by atoms with van der Waals surface area (Å²) in [6.07, 6.45) is -4.34. The van der Waals surface area contributed by atoms with Crippen molar-refractivity contribution in [1.82, 2.24) is 0 Å². The summed E-state index contributed by atoms with van der Waals surface area (Å²) in [5.74, 6) is 4.80. The highest BCUT2D eigenvalue weighted by Crippen LogP contribution is 2.33. The zero-order valence-electron chi connectivity index (χ0n) is 8.11. The smallest absolute Gasteiger partial charge is 0.395 e. The van der Waals surface area contributed by atoms with Gasteiger partial charge in [0.2, 0.25) is 0 Å². The monoisotopic (exact) mass is 248 g/mol. The number of rotatable bonds is 1. The molecule has 0 aliphatic rings. The Kier molecular flexibility index (Phi) is 4.22. The van der Waals surface area contributed by atoms with Crippen LogP contribution in [0.4, 0.5) is 13.2 Å². The number of aliphatic hydroxyl groups is 1. The molecule has 1 rings (SSSR count). The average Bonchev–Trinajstić information content (AvgIpc) is 2.19. The number of halogens is 4. The van der Waals surface area contributed by atoms with Gasteiger partial charge >= 0.3 is 6.18 Å². The Morgan fingerprint density at radius 3 is 2.56 bits per heavy atom. The molecular formula is C11H8ClF3O. The highest BCUT2D eigenvalue weighted by molar-refractivity contribution is 6.30. The minimum Gasteiger partial charge on any atom is -0.395 e. The SMILES string of the molecule is OCCC#Cc1ccc(Cl)cc1C(F)(F)F. The molecule has 1 N–H and O–H groups in total. The molecule has 1 aromatic rings. The summed E-state index contributed by atoms with van der Waals surface area (Å²) in [6, 6.07) is 3.40. The van der Waals surface area contributed by atoms with Gasteiger partial charge in [-0.2, -0.15) is 13.2 Å². The van der Waals surface area contributed by atoms with Gasteiger partial charge < -0.3 is 5.11 Å². The van der Waals surface area contributed by atoms with E-state index < -0.39 is 11.7 Å². The lowest BCUT2D eigenvalue weighted by Gasteiger charge is -2.09. The molecule has 0 spiro atoms. The van der Waals surface area contributed by atoms with Crippen molar-refractivity contribution >= 4 is 11.6 Å². The molecule has 0 fully saturated rings. The molecule has 0 unspecified atom stereocenters. The molecule has 0 atom stereocenters. The molecule has 0 aliphatic heterocycles. The topological polar surface area (TPSA) is 20.2 Å². The van der Waals surface area contributed by atoms with Gasteiger partial charge in [0.1, 0.15) is 0 Å². The third kappa shape index (κ3) is 3.44. The summed E-state index contributed by atoms with van der Waals surface area (Å²) >= 11 is 5.50. The second-order valence-electron chi connectivity index (χ2n) is 2.96. The number of hydrogen-bond donors (Lipinski definition) is 1. The molecule has 0 aliphatic carbocycles. The van der Waals surface area contributed by atoms with E-state index in [1.54, 1.807) is 0 Å². The van der Waals surface area contributed by atoms with E-state index in [2.05, 4.69) is 11.8 Å². The molecule has 0 amide bonds. The van der Waals surface area contributed by atoms with Crippen LogP contribution in [0.25, 0.3) is 0 Å². The van der Waals surface area contributed by atoms with Gasteiger partial charge in [0, 0.05) is 17.0 Å². The van der Waals surface area contributed by atoms with Crippen LogP contribution >= 0.6 is 11.6 Å². The summed E-state index contributed by atoms with van der Waals surface area (Å²) in [7, 11) is 0. The minimum atomic E-state index is -4.48. The van der Waals surface area contributed by atoms with Crippen molar-refractivity contribution in [1.29, 1.82) is 0 Å². The summed E-state index contributed by atoms with van der Waals surface area (Å²) in [6.45, 7) is -0.179. The second kappa shape index (κ2) is 5.24. The number of hydrogen-bond acceptors (Lipinski definition) is 1. The largest absolute Gasteiger partial charge is 0.417 e. The minimum absolute atomic E-state index is 0.0139. The highest BCUT2D eigenvalue weighted by atomic mass is 35.5. The maximum Gasteiger partial charge on any atom is 0.417 e. The van der Waals surface area contributed by atoms with Crippen LogP contribution < -0.4 is 0 Å². The zero-order valence-corrected chi connectivity index (χ0v) is 8.86. The van der Waals surface area contributed by atoms with Crippen LogP contribution in [0.1, 0.15) is 17.5 Å². The standard InChI is InChI=1S/C11H8ClF3O/c12-9-5-4-8(3-1-2-6-16)10(7-9)11(13,14)15/h4-5,7,16H,2,6H2. The van der Waals surface area contributed by atoms with Gasteiger partial charge in [0.05, 0.1) is 12.2 Å². The third-order valence-corrected chi connectivity index (χ3v) is 1.98. The van der Waals surface area contributed by atoms with Crippen molar-refractivity contribution in [3.05, 3.63) is 34.3 Å². The summed E-state index contributed by atoms with van der Waals surface area (Å²) in [5.41, 5.74) is -0.990. The summed E-state index contributed by atoms with van der Waals surface area (Å²) in [4.78, 5) is 0. The van der Waals surface area contributed by atoms with Gasteiger partial charge in [-0.1, -0.05) is 23.4 Å². The zero-order chi connectivity index (χ0) is 12.2. The molecule has 0 aromatic heterocycles. The van der Waals surface area contributed by atoms with Crippen LogP contribution in [0.5, 0.6) is 0 Å². The molecule has 0 saturated carbocycles. The van der Waals surface area contributed by atoms with Crippen molar-refractivity contribution in [2.75, 3.05) is 6.61 Å². The van der Waals surface area contributed by atoms with E-state index in [0.717, 1.165) is 6.07 Å². The Bertz CT molecular complexity index is 429. The first-order valence-electron chi connectivity index (χ1n) is 4.41. The van der Waals surface area contributed by atoms with Crippen molar-refractivity contribution in [3.8, 4) is 11.8 Å². The van der Waals surface area contributed by atoms with Crippen LogP contribution in [0.2, 0.25) is 5.02 Å². The van der Waals surface area contributed by atoms with E-state index in [1.807, 2.05) is 0 Å². The first kappa shape index (κ1) is 12.9. The Balaban J connectivity index is 3.15. The van der Waals surface area contributed by atoms with E-state index in [-0.39, 0.29) is 23.6 Å². The van der Waals surface area contributed by atoms with Crippen LogP contribution in [-0.4, -0.2) is 11.7 Å². The molecule has 0 saturated heterocycles. The van der Waals surface area contributed by atoms with Crippen molar-refractivity contribution in [2.24, 2.45) is 0 Å². The maximum absolute atomic E-state index is 12.6. The highest BCUT2D eigenvalue weighted by Gasteiger charge is 2.33. The molecular weight excluding hydrogens is 241 g/mol. The van der Waals surface area contributed by atoms with E-state index in [4.69, 9.17) is 16.7 Å². The van der Waals surface area contributed by atoms with E-state index in [0.29, 0.717) is 0 Å². The van der Waals surface area contributed by atoms with Gasteiger partial charge in [-0.25, -0.2) is 0 Å². The second-order valence-corrected chi connectivity index (χ2v) is 3.40. The first-order chi connectivity index (χ1) is 7.45. The van der Waals surface area contributed by atoms with Crippen LogP contribution in [-0.2, 0) is 6.18 Å². The van der Waals surface area contributed by atoms with E-state index in [1.165, 1.54) is 12.1 Å². The Morgan fingerprint density at radius 2 is 2.00 bits per heavy atom. The predicted octanol–water partition coefficient (Wildman–Crippen LogP) is 3.09. The van der Waals surface area contributed by atoms with Crippen molar-refractivity contribution in [2.45, 2.75) is 12.6 Å². The summed E-state index contributed by atoms with van der Waals surface area (Å²) in [5, 5.41) is 8.49. The first-order valence-corrected chi connectivity index (χ1v) is 4.79. The Labute approximate surface area is 95.8 Å². The van der Waals surface area contributed by atoms with Gasteiger partial charge in [0.25, 0.3) is 0 Å². The van der Waals surface area contributed by atoms with Crippen LogP contribution in [0.15, 0.2) is 18.2 Å².